The van der Waals surface area contributed by atoms with Crippen LogP contribution < -0.4 is 10.1 Å². The van der Waals surface area contributed by atoms with E-state index in [1.807, 2.05) is 18.2 Å². The highest BCUT2D eigenvalue weighted by Gasteiger charge is 2.15. The summed E-state index contributed by atoms with van der Waals surface area (Å²) in [5, 5.41) is 6.07. The maximum absolute atomic E-state index is 6.25. The summed E-state index contributed by atoms with van der Waals surface area (Å²) in [5.41, 5.74) is 0. The number of ether oxygens (including phenoxy) is 1. The van der Waals surface area contributed by atoms with Gasteiger partial charge < -0.3 is 10.1 Å². The van der Waals surface area contributed by atoms with Gasteiger partial charge in [-0.1, -0.05) is 11.6 Å². The average Bonchev–Trinajstić information content (AvgIpc) is 2.40. The fourth-order valence-corrected chi connectivity index (χ4v) is 2.57. The van der Waals surface area contributed by atoms with Crippen molar-refractivity contribution in [1.82, 2.24) is 10.3 Å². The first-order valence-corrected chi connectivity index (χ1v) is 6.61. The van der Waals surface area contributed by atoms with Crippen LogP contribution in [-0.4, -0.2) is 24.2 Å². The molecule has 1 aliphatic heterocycles. The van der Waals surface area contributed by atoms with E-state index in [9.17, 15) is 0 Å². The number of pyridine rings is 1. The van der Waals surface area contributed by atoms with Gasteiger partial charge in [-0.15, -0.1) is 12.4 Å². The Morgan fingerprint density at radius 2 is 2.05 bits per heavy atom. The van der Waals surface area contributed by atoms with Gasteiger partial charge in [-0.25, -0.2) is 0 Å². The molecular weight excluding hydrogens is 283 g/mol. The van der Waals surface area contributed by atoms with Crippen LogP contribution >= 0.6 is 24.0 Å². The zero-order chi connectivity index (χ0) is 12.4. The minimum absolute atomic E-state index is 0. The molecule has 1 aromatic heterocycles. The number of halogens is 2. The third-order valence-corrected chi connectivity index (χ3v) is 3.58. The lowest BCUT2D eigenvalue weighted by atomic mass is 10.1. The molecule has 1 fully saturated rings. The molecule has 2 aromatic rings. The van der Waals surface area contributed by atoms with Gasteiger partial charge in [0.1, 0.15) is 11.9 Å². The van der Waals surface area contributed by atoms with Crippen molar-refractivity contribution >= 4 is 34.8 Å². The van der Waals surface area contributed by atoms with Crippen LogP contribution in [0.2, 0.25) is 5.02 Å². The van der Waals surface area contributed by atoms with Crippen molar-refractivity contribution in [2.24, 2.45) is 0 Å². The van der Waals surface area contributed by atoms with Gasteiger partial charge >= 0.3 is 0 Å². The Bertz CT molecular complexity index is 556. The summed E-state index contributed by atoms with van der Waals surface area (Å²) in [7, 11) is 0. The summed E-state index contributed by atoms with van der Waals surface area (Å²) in [4.78, 5) is 4.09. The first-order valence-electron chi connectivity index (χ1n) is 6.23. The molecule has 0 amide bonds. The highest BCUT2D eigenvalue weighted by molar-refractivity contribution is 6.35. The molecule has 0 aliphatic carbocycles. The van der Waals surface area contributed by atoms with Gasteiger partial charge in [-0.05, 0) is 49.5 Å². The number of aromatic nitrogens is 1. The Hall–Kier alpha value is -1.03. The topological polar surface area (TPSA) is 34.1 Å². The van der Waals surface area contributed by atoms with Crippen molar-refractivity contribution in [3.05, 3.63) is 35.6 Å². The first-order chi connectivity index (χ1) is 8.83. The van der Waals surface area contributed by atoms with Gasteiger partial charge in [0.25, 0.3) is 0 Å². The van der Waals surface area contributed by atoms with E-state index in [0.717, 1.165) is 42.5 Å². The molecule has 5 heteroatoms. The smallest absolute Gasteiger partial charge is 0.121 e. The Morgan fingerprint density at radius 3 is 2.84 bits per heavy atom. The fraction of sp³-hybridized carbons (Fsp3) is 0.357. The maximum Gasteiger partial charge on any atom is 0.121 e. The summed E-state index contributed by atoms with van der Waals surface area (Å²) in [5.74, 6) is 0.852. The Balaban J connectivity index is 0.00000133. The Kier molecular flexibility index (Phi) is 4.86. The molecule has 0 unspecified atom stereocenters. The minimum atomic E-state index is 0. The second kappa shape index (κ2) is 6.42. The van der Waals surface area contributed by atoms with Crippen LogP contribution in [-0.2, 0) is 0 Å². The van der Waals surface area contributed by atoms with Crippen LogP contribution in [0.4, 0.5) is 0 Å². The monoisotopic (exact) mass is 298 g/mol. The van der Waals surface area contributed by atoms with Gasteiger partial charge in [-0.2, -0.15) is 0 Å². The van der Waals surface area contributed by atoms with Crippen LogP contribution in [0.3, 0.4) is 0 Å². The average molecular weight is 299 g/mol. The van der Waals surface area contributed by atoms with Crippen molar-refractivity contribution in [3.63, 3.8) is 0 Å². The lowest BCUT2D eigenvalue weighted by Gasteiger charge is -2.24. The van der Waals surface area contributed by atoms with E-state index in [-0.39, 0.29) is 12.4 Å². The number of hydrogen-bond donors (Lipinski definition) is 1. The first kappa shape index (κ1) is 14.4. The van der Waals surface area contributed by atoms with E-state index in [1.165, 1.54) is 0 Å². The van der Waals surface area contributed by atoms with Crippen LogP contribution in [0.15, 0.2) is 30.6 Å². The molecule has 0 saturated carbocycles. The highest BCUT2D eigenvalue weighted by atomic mass is 35.5. The molecule has 1 aromatic carbocycles. The quantitative estimate of drug-likeness (QED) is 0.922. The Labute approximate surface area is 123 Å². The molecule has 1 aliphatic rings. The third-order valence-electron chi connectivity index (χ3n) is 3.27. The molecular formula is C14H16Cl2N2O. The van der Waals surface area contributed by atoms with Crippen molar-refractivity contribution < 1.29 is 4.74 Å². The number of nitrogens with one attached hydrogen (secondary N) is 1. The van der Waals surface area contributed by atoms with Crippen LogP contribution in [0, 0.1) is 0 Å². The van der Waals surface area contributed by atoms with Gasteiger partial charge in [0.05, 0.1) is 5.02 Å². The zero-order valence-corrected chi connectivity index (χ0v) is 12.0. The second-order valence-electron chi connectivity index (χ2n) is 4.57. The molecule has 2 heterocycles. The van der Waals surface area contributed by atoms with E-state index in [0.29, 0.717) is 11.1 Å². The molecule has 1 N–H and O–H groups in total. The molecule has 1 saturated heterocycles. The summed E-state index contributed by atoms with van der Waals surface area (Å²) in [6, 6.07) is 5.87. The highest BCUT2D eigenvalue weighted by Crippen LogP contribution is 2.29. The molecule has 3 nitrogen and oxygen atoms in total. The number of piperidine rings is 1. The standard InChI is InChI=1S/C14H15ClN2O.ClH/c15-14-8-12(18-11-2-5-16-6-3-11)7-10-1-4-17-9-13(10)14;/h1,4,7-9,11,16H,2-3,5-6H2;1H. The minimum Gasteiger partial charge on any atom is -0.490 e. The SMILES string of the molecule is Cl.Clc1cc(OC2CCNCC2)cc2ccncc12. The molecule has 0 radical (unpaired) electrons. The maximum atomic E-state index is 6.25. The molecule has 19 heavy (non-hydrogen) atoms. The van der Waals surface area contributed by atoms with Gasteiger partial charge in [0, 0.05) is 17.8 Å². The molecule has 0 spiro atoms. The van der Waals surface area contributed by atoms with E-state index < -0.39 is 0 Å². The summed E-state index contributed by atoms with van der Waals surface area (Å²) in [6.07, 6.45) is 5.94. The summed E-state index contributed by atoms with van der Waals surface area (Å²) >= 11 is 6.25. The van der Waals surface area contributed by atoms with Crippen LogP contribution in [0.25, 0.3) is 10.8 Å². The molecule has 3 rings (SSSR count). The van der Waals surface area contributed by atoms with Crippen LogP contribution in [0.5, 0.6) is 5.75 Å². The number of fused-ring (bicyclic) bond motifs is 1. The predicted octanol–water partition coefficient (Wildman–Crippen LogP) is 3.44. The lowest BCUT2D eigenvalue weighted by molar-refractivity contribution is 0.162. The second-order valence-corrected chi connectivity index (χ2v) is 4.98. The largest absolute Gasteiger partial charge is 0.490 e. The van der Waals surface area contributed by atoms with Crippen molar-refractivity contribution in [2.45, 2.75) is 18.9 Å². The number of rotatable bonds is 2. The van der Waals surface area contributed by atoms with Gasteiger partial charge in [0.2, 0.25) is 0 Å². The van der Waals surface area contributed by atoms with E-state index in [4.69, 9.17) is 16.3 Å². The van der Waals surface area contributed by atoms with E-state index in [2.05, 4.69) is 10.3 Å². The van der Waals surface area contributed by atoms with Crippen molar-refractivity contribution in [1.29, 1.82) is 0 Å². The normalized spacial score (nSPS) is 16.1. The number of hydrogen-bond acceptors (Lipinski definition) is 3. The van der Waals surface area contributed by atoms with E-state index in [1.54, 1.807) is 12.4 Å². The fourth-order valence-electron chi connectivity index (χ4n) is 2.30. The van der Waals surface area contributed by atoms with E-state index >= 15 is 0 Å². The van der Waals surface area contributed by atoms with Crippen molar-refractivity contribution in [3.8, 4) is 5.75 Å². The lowest BCUT2D eigenvalue weighted by Crippen LogP contribution is -2.34. The van der Waals surface area contributed by atoms with Gasteiger partial charge in [0.15, 0.2) is 0 Å². The molecule has 0 bridgehead atoms. The third kappa shape index (κ3) is 3.30. The summed E-state index contributed by atoms with van der Waals surface area (Å²) < 4.78 is 6.00. The van der Waals surface area contributed by atoms with Crippen LogP contribution in [0.1, 0.15) is 12.8 Å². The number of nitrogens with zero attached hydrogens (tertiary/aromatic N) is 1. The molecule has 102 valence electrons. The van der Waals surface area contributed by atoms with Gasteiger partial charge in [-0.3, -0.25) is 4.98 Å². The summed E-state index contributed by atoms with van der Waals surface area (Å²) in [6.45, 7) is 2.05. The molecule has 0 atom stereocenters. The van der Waals surface area contributed by atoms with Crippen molar-refractivity contribution in [2.75, 3.05) is 13.1 Å². The Morgan fingerprint density at radius 1 is 1.26 bits per heavy atom. The number of benzene rings is 1. The predicted molar refractivity (Wildman–Crippen MR) is 80.5 cm³/mol. The zero-order valence-electron chi connectivity index (χ0n) is 10.4.